The SMILES string of the molecule is NNc1cccnc1S(=O)(=O)Nc1ccccc1Cl. The molecule has 2 rings (SSSR count). The van der Waals surface area contributed by atoms with Crippen molar-refractivity contribution in [1.29, 1.82) is 0 Å². The number of aromatic nitrogens is 1. The molecule has 0 aliphatic carbocycles. The van der Waals surface area contributed by atoms with Crippen LogP contribution in [0.2, 0.25) is 5.02 Å². The van der Waals surface area contributed by atoms with Crippen LogP contribution in [0.3, 0.4) is 0 Å². The Labute approximate surface area is 115 Å². The van der Waals surface area contributed by atoms with Crippen LogP contribution >= 0.6 is 11.6 Å². The molecule has 0 bridgehead atoms. The van der Waals surface area contributed by atoms with Crippen LogP contribution in [-0.2, 0) is 10.0 Å². The first-order valence-corrected chi connectivity index (χ1v) is 7.09. The number of pyridine rings is 1. The van der Waals surface area contributed by atoms with Crippen LogP contribution in [-0.4, -0.2) is 13.4 Å². The molecule has 0 aliphatic rings. The third-order valence-electron chi connectivity index (χ3n) is 2.30. The maximum Gasteiger partial charge on any atom is 0.281 e. The van der Waals surface area contributed by atoms with Gasteiger partial charge < -0.3 is 5.43 Å². The molecule has 4 N–H and O–H groups in total. The van der Waals surface area contributed by atoms with E-state index in [9.17, 15) is 8.42 Å². The number of hydrogen-bond acceptors (Lipinski definition) is 5. The number of benzene rings is 1. The molecule has 100 valence electrons. The molecule has 0 fully saturated rings. The van der Waals surface area contributed by atoms with Crippen molar-refractivity contribution in [3.8, 4) is 0 Å². The van der Waals surface area contributed by atoms with Crippen molar-refractivity contribution in [2.75, 3.05) is 10.1 Å². The molecule has 6 nitrogen and oxygen atoms in total. The number of para-hydroxylation sites is 1. The molecule has 19 heavy (non-hydrogen) atoms. The number of nitrogens with zero attached hydrogens (tertiary/aromatic N) is 1. The number of halogens is 1. The highest BCUT2D eigenvalue weighted by molar-refractivity contribution is 7.92. The molecule has 0 amide bonds. The Morgan fingerprint density at radius 3 is 2.47 bits per heavy atom. The van der Waals surface area contributed by atoms with E-state index in [4.69, 9.17) is 17.4 Å². The summed E-state index contributed by atoms with van der Waals surface area (Å²) in [6.45, 7) is 0. The molecule has 0 spiro atoms. The Bertz CT molecular complexity index is 691. The van der Waals surface area contributed by atoms with E-state index in [2.05, 4.69) is 15.1 Å². The quantitative estimate of drug-likeness (QED) is 0.591. The van der Waals surface area contributed by atoms with Gasteiger partial charge in [0, 0.05) is 6.20 Å². The summed E-state index contributed by atoms with van der Waals surface area (Å²) >= 11 is 5.90. The van der Waals surface area contributed by atoms with Crippen molar-refractivity contribution in [2.45, 2.75) is 5.03 Å². The summed E-state index contributed by atoms with van der Waals surface area (Å²) in [4.78, 5) is 3.81. The highest BCUT2D eigenvalue weighted by atomic mass is 35.5. The second-order valence-corrected chi connectivity index (χ2v) is 5.59. The zero-order chi connectivity index (χ0) is 13.9. The third-order valence-corrected chi connectivity index (χ3v) is 3.95. The summed E-state index contributed by atoms with van der Waals surface area (Å²) in [5, 5.41) is 0.0988. The highest BCUT2D eigenvalue weighted by Crippen LogP contribution is 2.25. The van der Waals surface area contributed by atoms with E-state index in [1.54, 1.807) is 30.3 Å². The number of nitrogens with two attached hydrogens (primary N) is 1. The number of hydrazine groups is 1. The van der Waals surface area contributed by atoms with Crippen LogP contribution in [0, 0.1) is 0 Å². The number of nitrogen functional groups attached to an aromatic ring is 1. The minimum absolute atomic E-state index is 0.196. The Morgan fingerprint density at radius 1 is 1.11 bits per heavy atom. The normalized spacial score (nSPS) is 11.1. The maximum atomic E-state index is 12.2. The number of sulfonamides is 1. The van der Waals surface area contributed by atoms with E-state index in [1.807, 2.05) is 0 Å². The molecule has 0 saturated carbocycles. The minimum atomic E-state index is -3.87. The van der Waals surface area contributed by atoms with Gasteiger partial charge in [0.15, 0.2) is 0 Å². The molecular weight excluding hydrogens is 288 g/mol. The summed E-state index contributed by atoms with van der Waals surface area (Å²) in [6.07, 6.45) is 1.36. The van der Waals surface area contributed by atoms with Gasteiger partial charge in [-0.1, -0.05) is 23.7 Å². The third kappa shape index (κ3) is 2.95. The first-order chi connectivity index (χ1) is 9.04. The largest absolute Gasteiger partial charge is 0.321 e. The summed E-state index contributed by atoms with van der Waals surface area (Å²) in [5.74, 6) is 5.26. The summed E-state index contributed by atoms with van der Waals surface area (Å²) < 4.78 is 26.8. The smallest absolute Gasteiger partial charge is 0.281 e. The molecular formula is C11H11ClN4O2S. The van der Waals surface area contributed by atoms with Crippen LogP contribution in [0.1, 0.15) is 0 Å². The number of anilines is 2. The molecule has 0 saturated heterocycles. The fraction of sp³-hybridized carbons (Fsp3) is 0. The van der Waals surface area contributed by atoms with Gasteiger partial charge in [-0.05, 0) is 24.3 Å². The summed E-state index contributed by atoms with van der Waals surface area (Å²) in [7, 11) is -3.87. The number of hydrogen-bond donors (Lipinski definition) is 3. The van der Waals surface area contributed by atoms with Crippen molar-refractivity contribution >= 4 is 33.0 Å². The van der Waals surface area contributed by atoms with Crippen LogP contribution in [0.15, 0.2) is 47.6 Å². The molecule has 0 aliphatic heterocycles. The summed E-state index contributed by atoms with van der Waals surface area (Å²) in [5.41, 5.74) is 2.76. The molecule has 0 unspecified atom stereocenters. The van der Waals surface area contributed by atoms with Gasteiger partial charge in [0.1, 0.15) is 0 Å². The number of nitrogens with one attached hydrogen (secondary N) is 2. The fourth-order valence-electron chi connectivity index (χ4n) is 1.45. The number of rotatable bonds is 4. The Morgan fingerprint density at radius 2 is 1.79 bits per heavy atom. The van der Waals surface area contributed by atoms with Crippen LogP contribution < -0.4 is 16.0 Å². The predicted octanol–water partition coefficient (Wildman–Crippen LogP) is 1.82. The van der Waals surface area contributed by atoms with Crippen molar-refractivity contribution in [2.24, 2.45) is 5.84 Å². The second-order valence-electron chi connectivity index (χ2n) is 3.59. The van der Waals surface area contributed by atoms with Crippen LogP contribution in [0.25, 0.3) is 0 Å². The lowest BCUT2D eigenvalue weighted by Crippen LogP contribution is -2.19. The van der Waals surface area contributed by atoms with Gasteiger partial charge in [0.05, 0.1) is 16.4 Å². The minimum Gasteiger partial charge on any atom is -0.321 e. The average Bonchev–Trinajstić information content (AvgIpc) is 2.41. The Hall–Kier alpha value is -1.83. The lowest BCUT2D eigenvalue weighted by molar-refractivity contribution is 0.598. The molecule has 1 aromatic heterocycles. The van der Waals surface area contributed by atoms with Gasteiger partial charge >= 0.3 is 0 Å². The monoisotopic (exact) mass is 298 g/mol. The van der Waals surface area contributed by atoms with Gasteiger partial charge in [-0.2, -0.15) is 8.42 Å². The van der Waals surface area contributed by atoms with E-state index < -0.39 is 10.0 Å². The van der Waals surface area contributed by atoms with E-state index in [1.165, 1.54) is 12.3 Å². The van der Waals surface area contributed by atoms with Crippen LogP contribution in [0.5, 0.6) is 0 Å². The topological polar surface area (TPSA) is 97.1 Å². The molecule has 1 aromatic carbocycles. The van der Waals surface area contributed by atoms with Gasteiger partial charge in [-0.3, -0.25) is 10.6 Å². The summed E-state index contributed by atoms with van der Waals surface area (Å²) in [6, 6.07) is 9.59. The zero-order valence-corrected chi connectivity index (χ0v) is 11.2. The molecule has 0 atom stereocenters. The predicted molar refractivity (Wildman–Crippen MR) is 74.3 cm³/mol. The van der Waals surface area contributed by atoms with Crippen molar-refractivity contribution in [3.63, 3.8) is 0 Å². The first kappa shape index (κ1) is 13.6. The van der Waals surface area contributed by atoms with Gasteiger partial charge in [-0.25, -0.2) is 4.98 Å². The van der Waals surface area contributed by atoms with E-state index >= 15 is 0 Å². The lowest BCUT2D eigenvalue weighted by Gasteiger charge is -2.11. The van der Waals surface area contributed by atoms with Crippen molar-refractivity contribution < 1.29 is 8.42 Å². The van der Waals surface area contributed by atoms with E-state index in [-0.39, 0.29) is 16.4 Å². The second kappa shape index (κ2) is 5.43. The average molecular weight is 299 g/mol. The lowest BCUT2D eigenvalue weighted by atomic mass is 10.3. The van der Waals surface area contributed by atoms with Gasteiger partial charge in [-0.15, -0.1) is 0 Å². The molecule has 0 radical (unpaired) electrons. The van der Waals surface area contributed by atoms with Crippen molar-refractivity contribution in [1.82, 2.24) is 4.98 Å². The fourth-order valence-corrected chi connectivity index (χ4v) is 2.87. The van der Waals surface area contributed by atoms with Gasteiger partial charge in [0.2, 0.25) is 5.03 Å². The van der Waals surface area contributed by atoms with E-state index in [0.717, 1.165) is 0 Å². The van der Waals surface area contributed by atoms with E-state index in [0.29, 0.717) is 5.02 Å². The Balaban J connectivity index is 2.41. The van der Waals surface area contributed by atoms with Crippen molar-refractivity contribution in [3.05, 3.63) is 47.6 Å². The van der Waals surface area contributed by atoms with Crippen LogP contribution in [0.4, 0.5) is 11.4 Å². The molecule has 2 aromatic rings. The van der Waals surface area contributed by atoms with Gasteiger partial charge in [0.25, 0.3) is 10.0 Å². The standard InChI is InChI=1S/C11H11ClN4O2S/c12-8-4-1-2-5-9(8)16-19(17,18)11-10(15-13)6-3-7-14-11/h1-7,15-16H,13H2. The highest BCUT2D eigenvalue weighted by Gasteiger charge is 2.20. The maximum absolute atomic E-state index is 12.2. The first-order valence-electron chi connectivity index (χ1n) is 5.23. The molecule has 8 heteroatoms. The Kier molecular flexibility index (Phi) is 3.89. The zero-order valence-electron chi connectivity index (χ0n) is 9.67. The molecule has 1 heterocycles.